The Hall–Kier alpha value is -2.38. The Bertz CT molecular complexity index is 981. The average Bonchev–Trinajstić information content (AvgIpc) is 2.77. The molecular weight excluding hydrogens is 412 g/mol. The van der Waals surface area contributed by atoms with Gasteiger partial charge in [0, 0.05) is 18.7 Å². The Balaban J connectivity index is 1.49. The minimum absolute atomic E-state index is 0.117. The number of sulfonamides is 1. The number of hydrogen-bond acceptors (Lipinski definition) is 4. The molecule has 1 amide bonds. The van der Waals surface area contributed by atoms with E-state index in [9.17, 15) is 13.2 Å². The number of anilines is 1. The van der Waals surface area contributed by atoms with Crippen molar-refractivity contribution >= 4 is 21.6 Å². The van der Waals surface area contributed by atoms with Crippen LogP contribution in [0.4, 0.5) is 5.69 Å². The lowest BCUT2D eigenvalue weighted by molar-refractivity contribution is 0.0273. The fraction of sp³-hybridized carbons (Fsp3) is 0.458. The van der Waals surface area contributed by atoms with Crippen molar-refractivity contribution in [3.05, 3.63) is 59.2 Å². The normalized spacial score (nSPS) is 14.9. The number of hydrogen-bond donors (Lipinski definition) is 2. The van der Waals surface area contributed by atoms with Gasteiger partial charge in [-0.1, -0.05) is 31.4 Å². The summed E-state index contributed by atoms with van der Waals surface area (Å²) in [7, 11) is -3.73. The number of nitrogens with one attached hydrogen (secondary N) is 2. The molecule has 0 bridgehead atoms. The second-order valence-corrected chi connectivity index (χ2v) is 9.80. The molecule has 0 aliphatic heterocycles. The minimum atomic E-state index is -3.73. The molecule has 6 nitrogen and oxygen atoms in total. The first kappa shape index (κ1) is 23.3. The first-order valence-electron chi connectivity index (χ1n) is 11.0. The van der Waals surface area contributed by atoms with Crippen LogP contribution >= 0.6 is 0 Å². The Morgan fingerprint density at radius 3 is 2.45 bits per heavy atom. The third-order valence-electron chi connectivity index (χ3n) is 5.79. The topological polar surface area (TPSA) is 84.5 Å². The lowest BCUT2D eigenvalue weighted by Gasteiger charge is -2.21. The van der Waals surface area contributed by atoms with Crippen LogP contribution in [0.2, 0.25) is 0 Å². The van der Waals surface area contributed by atoms with Gasteiger partial charge in [0.2, 0.25) is 0 Å². The molecule has 0 spiro atoms. The maximum absolute atomic E-state index is 12.7. The van der Waals surface area contributed by atoms with E-state index in [0.717, 1.165) is 30.4 Å². The molecule has 1 saturated carbocycles. The average molecular weight is 445 g/mol. The van der Waals surface area contributed by atoms with Gasteiger partial charge in [0.15, 0.2) is 0 Å². The SMILES string of the molecule is Cc1cccc(NS(=O)(=O)c2ccc(C(=O)NCCCOC3CCCCC3)cc2)c1C. The standard InChI is InChI=1S/C24H32N2O4S/c1-18-8-6-11-23(19(18)2)26-31(28,29)22-14-12-20(13-15-22)24(27)25-16-7-17-30-21-9-4-3-5-10-21/h6,8,11-15,21,26H,3-5,7,9-10,16-17H2,1-2H3,(H,25,27). The summed E-state index contributed by atoms with van der Waals surface area (Å²) in [4.78, 5) is 12.4. The molecule has 0 radical (unpaired) electrons. The molecule has 2 aromatic rings. The fourth-order valence-corrected chi connectivity index (χ4v) is 4.83. The molecule has 1 aliphatic rings. The van der Waals surface area contributed by atoms with Crippen molar-refractivity contribution in [1.82, 2.24) is 5.32 Å². The van der Waals surface area contributed by atoms with Crippen molar-refractivity contribution < 1.29 is 17.9 Å². The number of ether oxygens (including phenoxy) is 1. The second kappa shape index (κ2) is 10.8. The van der Waals surface area contributed by atoms with Crippen molar-refractivity contribution in [3.63, 3.8) is 0 Å². The molecule has 2 aromatic carbocycles. The van der Waals surface area contributed by atoms with Gasteiger partial charge in [-0.3, -0.25) is 9.52 Å². The van der Waals surface area contributed by atoms with E-state index in [2.05, 4.69) is 10.0 Å². The predicted octanol–water partition coefficient (Wildman–Crippen LogP) is 4.57. The summed E-state index contributed by atoms with van der Waals surface area (Å²) in [6.45, 7) is 4.98. The lowest BCUT2D eigenvalue weighted by atomic mass is 9.98. The molecule has 3 rings (SSSR count). The van der Waals surface area contributed by atoms with Crippen LogP contribution in [0.15, 0.2) is 47.4 Å². The molecule has 7 heteroatoms. The summed E-state index contributed by atoms with van der Waals surface area (Å²) in [6.07, 6.45) is 7.20. The van der Waals surface area contributed by atoms with Crippen LogP contribution in [-0.4, -0.2) is 33.6 Å². The van der Waals surface area contributed by atoms with E-state index in [-0.39, 0.29) is 10.8 Å². The largest absolute Gasteiger partial charge is 0.378 e. The first-order chi connectivity index (χ1) is 14.9. The fourth-order valence-electron chi connectivity index (χ4n) is 3.71. The maximum atomic E-state index is 12.7. The molecule has 0 heterocycles. The molecule has 168 valence electrons. The van der Waals surface area contributed by atoms with Crippen molar-refractivity contribution in [2.75, 3.05) is 17.9 Å². The number of carbonyl (C=O) groups is 1. The monoisotopic (exact) mass is 444 g/mol. The van der Waals surface area contributed by atoms with E-state index >= 15 is 0 Å². The maximum Gasteiger partial charge on any atom is 0.261 e. The van der Waals surface area contributed by atoms with Crippen LogP contribution in [0.1, 0.15) is 60.0 Å². The summed E-state index contributed by atoms with van der Waals surface area (Å²) >= 11 is 0. The molecule has 0 unspecified atom stereocenters. The number of carbonyl (C=O) groups excluding carboxylic acids is 1. The molecule has 1 fully saturated rings. The third kappa shape index (κ3) is 6.55. The first-order valence-corrected chi connectivity index (χ1v) is 12.4. The van der Waals surface area contributed by atoms with E-state index in [1.165, 1.54) is 43.5 Å². The highest BCUT2D eigenvalue weighted by Crippen LogP contribution is 2.22. The Kier molecular flexibility index (Phi) is 8.09. The molecular formula is C24H32N2O4S. The highest BCUT2D eigenvalue weighted by atomic mass is 32.2. The molecule has 0 saturated heterocycles. The van der Waals surface area contributed by atoms with Crippen LogP contribution < -0.4 is 10.0 Å². The zero-order valence-corrected chi connectivity index (χ0v) is 19.1. The number of amides is 1. The van der Waals surface area contributed by atoms with Crippen molar-refractivity contribution in [1.29, 1.82) is 0 Å². The number of rotatable bonds is 9. The van der Waals surface area contributed by atoms with E-state index < -0.39 is 10.0 Å². The number of aryl methyl sites for hydroxylation is 1. The van der Waals surface area contributed by atoms with Crippen molar-refractivity contribution in [3.8, 4) is 0 Å². The van der Waals surface area contributed by atoms with Gasteiger partial charge in [0.25, 0.3) is 15.9 Å². The van der Waals surface area contributed by atoms with Gasteiger partial charge in [-0.05, 0) is 74.6 Å². The third-order valence-corrected chi connectivity index (χ3v) is 7.17. The van der Waals surface area contributed by atoms with Crippen LogP contribution in [0.5, 0.6) is 0 Å². The van der Waals surface area contributed by atoms with Crippen molar-refractivity contribution in [2.45, 2.75) is 63.4 Å². The smallest absolute Gasteiger partial charge is 0.261 e. The molecule has 0 aromatic heterocycles. The van der Waals surface area contributed by atoms with Crippen LogP contribution in [0, 0.1) is 13.8 Å². The zero-order chi connectivity index (χ0) is 22.3. The zero-order valence-electron chi connectivity index (χ0n) is 18.3. The summed E-state index contributed by atoms with van der Waals surface area (Å²) in [5.41, 5.74) is 2.88. The van der Waals surface area contributed by atoms with Gasteiger partial charge in [-0.15, -0.1) is 0 Å². The van der Waals surface area contributed by atoms with Gasteiger partial charge >= 0.3 is 0 Å². The Morgan fingerprint density at radius 1 is 1.03 bits per heavy atom. The highest BCUT2D eigenvalue weighted by Gasteiger charge is 2.17. The van der Waals surface area contributed by atoms with Gasteiger partial charge in [0.1, 0.15) is 0 Å². The summed E-state index contributed by atoms with van der Waals surface area (Å²) in [6, 6.07) is 11.5. The lowest BCUT2D eigenvalue weighted by Crippen LogP contribution is -2.26. The summed E-state index contributed by atoms with van der Waals surface area (Å²) < 4.78 is 33.9. The van der Waals surface area contributed by atoms with Gasteiger partial charge < -0.3 is 10.1 Å². The number of benzene rings is 2. The summed E-state index contributed by atoms with van der Waals surface area (Å²) in [5, 5.41) is 2.86. The minimum Gasteiger partial charge on any atom is -0.378 e. The summed E-state index contributed by atoms with van der Waals surface area (Å²) in [5.74, 6) is -0.218. The van der Waals surface area contributed by atoms with Gasteiger partial charge in [-0.25, -0.2) is 8.42 Å². The van der Waals surface area contributed by atoms with Gasteiger partial charge in [0.05, 0.1) is 16.7 Å². The van der Waals surface area contributed by atoms with E-state index in [4.69, 9.17) is 4.74 Å². The van der Waals surface area contributed by atoms with Crippen LogP contribution in [0.25, 0.3) is 0 Å². The molecule has 31 heavy (non-hydrogen) atoms. The van der Waals surface area contributed by atoms with Crippen LogP contribution in [-0.2, 0) is 14.8 Å². The Morgan fingerprint density at radius 2 is 1.74 bits per heavy atom. The van der Waals surface area contributed by atoms with E-state index in [0.29, 0.717) is 30.5 Å². The van der Waals surface area contributed by atoms with Crippen LogP contribution in [0.3, 0.4) is 0 Å². The van der Waals surface area contributed by atoms with E-state index in [1.807, 2.05) is 26.0 Å². The molecule has 2 N–H and O–H groups in total. The second-order valence-electron chi connectivity index (χ2n) is 8.12. The molecule has 1 aliphatic carbocycles. The Labute approximate surface area is 185 Å². The van der Waals surface area contributed by atoms with Gasteiger partial charge in [-0.2, -0.15) is 0 Å². The highest BCUT2D eigenvalue weighted by molar-refractivity contribution is 7.92. The predicted molar refractivity (Wildman–Crippen MR) is 123 cm³/mol. The quantitative estimate of drug-likeness (QED) is 0.555. The molecule has 0 atom stereocenters. The van der Waals surface area contributed by atoms with Crippen molar-refractivity contribution in [2.24, 2.45) is 0 Å². The van der Waals surface area contributed by atoms with E-state index in [1.54, 1.807) is 6.07 Å².